The molecule has 19 heavy (non-hydrogen) atoms. The van der Waals surface area contributed by atoms with E-state index in [2.05, 4.69) is 10.4 Å². The first-order valence-corrected chi connectivity index (χ1v) is 6.60. The number of hydrogen-bond acceptors (Lipinski definition) is 3. The Kier molecular flexibility index (Phi) is 8.97. The van der Waals surface area contributed by atoms with Crippen LogP contribution in [0.15, 0.2) is 0 Å². The van der Waals surface area contributed by atoms with Gasteiger partial charge >= 0.3 is 0 Å². The number of nitrogens with zero attached hydrogens (tertiary/aromatic N) is 2. The largest absolute Gasteiger partial charge is 0.379 e. The fourth-order valence-electron chi connectivity index (χ4n) is 1.73. The molecule has 0 aliphatic rings. The molecule has 0 bridgehead atoms. The van der Waals surface area contributed by atoms with Crippen LogP contribution in [-0.4, -0.2) is 29.0 Å². The first-order chi connectivity index (χ1) is 8.56. The third-order valence-electron chi connectivity index (χ3n) is 2.73. The lowest BCUT2D eigenvalue weighted by Gasteiger charge is -2.08. The van der Waals surface area contributed by atoms with Crippen LogP contribution in [0.25, 0.3) is 0 Å². The van der Waals surface area contributed by atoms with Crippen LogP contribution in [0.1, 0.15) is 38.4 Å². The van der Waals surface area contributed by atoms with Gasteiger partial charge in [0.05, 0.1) is 11.8 Å². The average molecular weight is 294 g/mol. The summed E-state index contributed by atoms with van der Waals surface area (Å²) in [6, 6.07) is 0. The Hall–Kier alpha value is -0.650. The van der Waals surface area contributed by atoms with Gasteiger partial charge in [-0.2, -0.15) is 9.49 Å². The second-order valence-corrected chi connectivity index (χ2v) is 4.62. The predicted molar refractivity (Wildman–Crippen MR) is 77.3 cm³/mol. The Bertz CT molecular complexity index is 369. The van der Waals surface area contributed by atoms with Crippen LogP contribution in [0.5, 0.6) is 0 Å². The zero-order chi connectivity index (χ0) is 13.5. The van der Waals surface area contributed by atoms with Gasteiger partial charge in [0.15, 0.2) is 0 Å². The number of nitrogens with one attached hydrogen (secondary N) is 1. The van der Waals surface area contributed by atoms with E-state index in [-0.39, 0.29) is 24.5 Å². The number of rotatable bonds is 8. The summed E-state index contributed by atoms with van der Waals surface area (Å²) in [4.78, 5) is 0. The molecule has 1 rings (SSSR count). The number of ether oxygens (including phenoxy) is 1. The van der Waals surface area contributed by atoms with Crippen molar-refractivity contribution in [2.45, 2.75) is 53.3 Å². The van der Waals surface area contributed by atoms with Gasteiger partial charge in [-0.05, 0) is 40.7 Å². The summed E-state index contributed by atoms with van der Waals surface area (Å²) >= 11 is 0. The Balaban J connectivity index is 0.00000324. The second-order valence-electron chi connectivity index (χ2n) is 4.62. The van der Waals surface area contributed by atoms with Crippen molar-refractivity contribution in [2.24, 2.45) is 0 Å². The molecule has 1 heterocycles. The monoisotopic (exact) mass is 293 g/mol. The van der Waals surface area contributed by atoms with E-state index in [0.29, 0.717) is 18.7 Å². The molecule has 6 heteroatoms. The molecule has 0 aliphatic heterocycles. The van der Waals surface area contributed by atoms with Gasteiger partial charge in [-0.1, -0.05) is 0 Å². The second kappa shape index (κ2) is 9.28. The lowest BCUT2D eigenvalue weighted by Crippen LogP contribution is -2.18. The molecule has 4 nitrogen and oxygen atoms in total. The Morgan fingerprint density at radius 2 is 2.11 bits per heavy atom. The van der Waals surface area contributed by atoms with Gasteiger partial charge in [0.2, 0.25) is 5.95 Å². The van der Waals surface area contributed by atoms with Crippen molar-refractivity contribution in [2.75, 3.05) is 13.2 Å². The molecule has 0 fully saturated rings. The van der Waals surface area contributed by atoms with E-state index in [0.717, 1.165) is 25.3 Å². The highest BCUT2D eigenvalue weighted by Gasteiger charge is 2.13. The summed E-state index contributed by atoms with van der Waals surface area (Å²) < 4.78 is 20.6. The highest BCUT2D eigenvalue weighted by Crippen LogP contribution is 2.11. The van der Waals surface area contributed by atoms with Gasteiger partial charge in [0.1, 0.15) is 0 Å². The van der Waals surface area contributed by atoms with E-state index in [4.69, 9.17) is 4.74 Å². The van der Waals surface area contributed by atoms with E-state index in [9.17, 15) is 4.39 Å². The first kappa shape index (κ1) is 18.4. The van der Waals surface area contributed by atoms with Crippen molar-refractivity contribution < 1.29 is 9.13 Å². The molecule has 0 unspecified atom stereocenters. The normalized spacial score (nSPS) is 10.8. The molecule has 0 atom stereocenters. The zero-order valence-electron chi connectivity index (χ0n) is 12.2. The highest BCUT2D eigenvalue weighted by molar-refractivity contribution is 5.85. The van der Waals surface area contributed by atoms with Crippen LogP contribution in [0.4, 0.5) is 4.39 Å². The van der Waals surface area contributed by atoms with E-state index >= 15 is 0 Å². The topological polar surface area (TPSA) is 39.1 Å². The van der Waals surface area contributed by atoms with Gasteiger partial charge in [-0.25, -0.2) is 4.68 Å². The first-order valence-electron chi connectivity index (χ1n) is 6.60. The maximum atomic E-state index is 13.8. The smallest absolute Gasteiger partial charge is 0.216 e. The summed E-state index contributed by atoms with van der Waals surface area (Å²) in [6.45, 7) is 10.4. The third kappa shape index (κ3) is 5.89. The SMILES string of the molecule is CCn1nc(C)c(CNCCCOC(C)C)c1F.Cl. The molecule has 1 N–H and O–H groups in total. The van der Waals surface area contributed by atoms with Gasteiger partial charge < -0.3 is 10.1 Å². The van der Waals surface area contributed by atoms with Gasteiger partial charge in [0.25, 0.3) is 0 Å². The summed E-state index contributed by atoms with van der Waals surface area (Å²) in [7, 11) is 0. The van der Waals surface area contributed by atoms with E-state index in [1.54, 1.807) is 0 Å². The molecule has 0 aliphatic carbocycles. The maximum absolute atomic E-state index is 13.8. The van der Waals surface area contributed by atoms with Gasteiger partial charge in [-0.3, -0.25) is 0 Å². The third-order valence-corrected chi connectivity index (χ3v) is 2.73. The quantitative estimate of drug-likeness (QED) is 0.749. The van der Waals surface area contributed by atoms with Gasteiger partial charge in [0, 0.05) is 25.3 Å². The zero-order valence-corrected chi connectivity index (χ0v) is 13.0. The average Bonchev–Trinajstić information content (AvgIpc) is 2.59. The minimum Gasteiger partial charge on any atom is -0.379 e. The Morgan fingerprint density at radius 1 is 1.42 bits per heavy atom. The number of aromatic nitrogens is 2. The standard InChI is InChI=1S/C13H24FN3O.ClH/c1-5-17-13(14)12(11(4)16-17)9-15-7-6-8-18-10(2)3;/h10,15H,5-9H2,1-4H3;1H. The molecule has 1 aromatic heterocycles. The summed E-state index contributed by atoms with van der Waals surface area (Å²) in [5.41, 5.74) is 1.43. The van der Waals surface area contributed by atoms with Crippen LogP contribution in [0, 0.1) is 12.9 Å². The van der Waals surface area contributed by atoms with Gasteiger partial charge in [-0.15, -0.1) is 12.4 Å². The van der Waals surface area contributed by atoms with Crippen LogP contribution in [0.2, 0.25) is 0 Å². The van der Waals surface area contributed by atoms with Crippen molar-refractivity contribution in [1.29, 1.82) is 0 Å². The van der Waals surface area contributed by atoms with E-state index in [1.807, 2.05) is 27.7 Å². The fraction of sp³-hybridized carbons (Fsp3) is 0.769. The van der Waals surface area contributed by atoms with E-state index in [1.165, 1.54) is 4.68 Å². The van der Waals surface area contributed by atoms with Crippen molar-refractivity contribution in [3.63, 3.8) is 0 Å². The molecular formula is C13H25ClFN3O. The Labute approximate surface area is 121 Å². The molecular weight excluding hydrogens is 269 g/mol. The molecule has 0 saturated heterocycles. The van der Waals surface area contributed by atoms with Crippen LogP contribution in [-0.2, 0) is 17.8 Å². The summed E-state index contributed by atoms with van der Waals surface area (Å²) in [5.74, 6) is -0.221. The highest BCUT2D eigenvalue weighted by atomic mass is 35.5. The number of halogens is 2. The molecule has 0 radical (unpaired) electrons. The molecule has 0 saturated carbocycles. The van der Waals surface area contributed by atoms with Crippen molar-refractivity contribution in [1.82, 2.24) is 15.1 Å². The molecule has 1 aromatic rings. The minimum atomic E-state index is -0.221. The maximum Gasteiger partial charge on any atom is 0.216 e. The van der Waals surface area contributed by atoms with Crippen molar-refractivity contribution in [3.8, 4) is 0 Å². The lowest BCUT2D eigenvalue weighted by molar-refractivity contribution is 0.0770. The molecule has 112 valence electrons. The van der Waals surface area contributed by atoms with Crippen LogP contribution < -0.4 is 5.32 Å². The predicted octanol–water partition coefficient (Wildman–Crippen LogP) is 2.68. The van der Waals surface area contributed by atoms with Crippen LogP contribution in [0.3, 0.4) is 0 Å². The Morgan fingerprint density at radius 3 is 2.63 bits per heavy atom. The minimum absolute atomic E-state index is 0. The number of aryl methyl sites for hydroxylation is 2. The summed E-state index contributed by atoms with van der Waals surface area (Å²) in [5, 5.41) is 7.37. The molecule has 0 amide bonds. The lowest BCUT2D eigenvalue weighted by atomic mass is 10.2. The fourth-order valence-corrected chi connectivity index (χ4v) is 1.73. The van der Waals surface area contributed by atoms with Crippen molar-refractivity contribution in [3.05, 3.63) is 17.2 Å². The van der Waals surface area contributed by atoms with Crippen LogP contribution >= 0.6 is 12.4 Å². The summed E-state index contributed by atoms with van der Waals surface area (Å²) in [6.07, 6.45) is 1.20. The van der Waals surface area contributed by atoms with Crippen molar-refractivity contribution >= 4 is 12.4 Å². The molecule has 0 aromatic carbocycles. The number of hydrogen-bond donors (Lipinski definition) is 1. The van der Waals surface area contributed by atoms with E-state index < -0.39 is 0 Å². The molecule has 0 spiro atoms.